The molecule has 19 heavy (non-hydrogen) atoms. The monoisotopic (exact) mass is 259 g/mol. The van der Waals surface area contributed by atoms with Gasteiger partial charge in [-0.3, -0.25) is 0 Å². The van der Waals surface area contributed by atoms with Gasteiger partial charge in [-0.15, -0.1) is 0 Å². The molecule has 3 heteroatoms. The van der Waals surface area contributed by atoms with Crippen molar-refractivity contribution in [2.24, 2.45) is 0 Å². The SMILES string of the molecule is CCCCNCC(C)n1cnc2cc(C)c(C)cc21. The quantitative estimate of drug-likeness (QED) is 0.803. The van der Waals surface area contributed by atoms with Gasteiger partial charge in [0.2, 0.25) is 0 Å². The lowest BCUT2D eigenvalue weighted by molar-refractivity contribution is 0.497. The standard InChI is InChI=1S/C16H25N3/c1-5-6-7-17-10-14(4)19-11-18-15-8-12(2)13(3)9-16(15)19/h8-9,11,14,17H,5-7,10H2,1-4H3. The topological polar surface area (TPSA) is 29.9 Å². The molecule has 0 fully saturated rings. The van der Waals surface area contributed by atoms with Crippen LogP contribution in [0, 0.1) is 13.8 Å². The van der Waals surface area contributed by atoms with Crippen molar-refractivity contribution in [3.05, 3.63) is 29.6 Å². The van der Waals surface area contributed by atoms with Crippen molar-refractivity contribution >= 4 is 11.0 Å². The van der Waals surface area contributed by atoms with Crippen LogP contribution in [0.3, 0.4) is 0 Å². The molecule has 0 aliphatic heterocycles. The molecule has 104 valence electrons. The summed E-state index contributed by atoms with van der Waals surface area (Å²) in [5.74, 6) is 0. The van der Waals surface area contributed by atoms with Gasteiger partial charge >= 0.3 is 0 Å². The zero-order valence-corrected chi connectivity index (χ0v) is 12.5. The normalized spacial score (nSPS) is 13.1. The van der Waals surface area contributed by atoms with Gasteiger partial charge in [0, 0.05) is 12.6 Å². The fourth-order valence-corrected chi connectivity index (χ4v) is 2.34. The van der Waals surface area contributed by atoms with Crippen molar-refractivity contribution in [1.29, 1.82) is 0 Å². The van der Waals surface area contributed by atoms with Gasteiger partial charge in [0.15, 0.2) is 0 Å². The summed E-state index contributed by atoms with van der Waals surface area (Å²) in [5.41, 5.74) is 4.99. The first kappa shape index (κ1) is 14.1. The van der Waals surface area contributed by atoms with Crippen molar-refractivity contribution in [2.45, 2.75) is 46.6 Å². The summed E-state index contributed by atoms with van der Waals surface area (Å²) in [4.78, 5) is 4.52. The molecule has 0 amide bonds. The highest BCUT2D eigenvalue weighted by Gasteiger charge is 2.10. The van der Waals surface area contributed by atoms with E-state index in [0.717, 1.165) is 18.6 Å². The number of unbranched alkanes of at least 4 members (excludes halogenated alkanes) is 1. The average Bonchev–Trinajstić information content (AvgIpc) is 2.78. The van der Waals surface area contributed by atoms with Crippen LogP contribution in [0.15, 0.2) is 18.5 Å². The summed E-state index contributed by atoms with van der Waals surface area (Å²) < 4.78 is 2.28. The second kappa shape index (κ2) is 6.20. The molecule has 1 aromatic carbocycles. The average molecular weight is 259 g/mol. The molecule has 1 N–H and O–H groups in total. The zero-order chi connectivity index (χ0) is 13.8. The van der Waals surface area contributed by atoms with E-state index < -0.39 is 0 Å². The van der Waals surface area contributed by atoms with Gasteiger partial charge in [0.05, 0.1) is 17.4 Å². The van der Waals surface area contributed by atoms with Crippen molar-refractivity contribution in [1.82, 2.24) is 14.9 Å². The molecule has 0 bridgehead atoms. The predicted molar refractivity (Wildman–Crippen MR) is 81.7 cm³/mol. The van der Waals surface area contributed by atoms with Gasteiger partial charge in [-0.25, -0.2) is 4.98 Å². The second-order valence-electron chi connectivity index (χ2n) is 5.48. The smallest absolute Gasteiger partial charge is 0.0961 e. The summed E-state index contributed by atoms with van der Waals surface area (Å²) in [6, 6.07) is 4.86. The Balaban J connectivity index is 2.13. The van der Waals surface area contributed by atoms with E-state index in [4.69, 9.17) is 0 Å². The lowest BCUT2D eigenvalue weighted by atomic mass is 10.1. The molecular weight excluding hydrogens is 234 g/mol. The van der Waals surface area contributed by atoms with E-state index in [1.54, 1.807) is 0 Å². The molecule has 1 unspecified atom stereocenters. The minimum atomic E-state index is 0.434. The maximum absolute atomic E-state index is 4.52. The number of aryl methyl sites for hydroxylation is 2. The van der Waals surface area contributed by atoms with Crippen molar-refractivity contribution in [3.63, 3.8) is 0 Å². The van der Waals surface area contributed by atoms with Crippen LogP contribution in [0.2, 0.25) is 0 Å². The minimum absolute atomic E-state index is 0.434. The number of imidazole rings is 1. The van der Waals surface area contributed by atoms with E-state index in [2.05, 4.69) is 54.7 Å². The molecule has 0 saturated heterocycles. The third-order valence-electron chi connectivity index (χ3n) is 3.81. The molecule has 1 atom stereocenters. The molecule has 1 heterocycles. The molecule has 0 radical (unpaired) electrons. The highest BCUT2D eigenvalue weighted by Crippen LogP contribution is 2.21. The Hall–Kier alpha value is -1.35. The zero-order valence-electron chi connectivity index (χ0n) is 12.5. The number of aromatic nitrogens is 2. The minimum Gasteiger partial charge on any atom is -0.326 e. The second-order valence-corrected chi connectivity index (χ2v) is 5.48. The number of nitrogens with one attached hydrogen (secondary N) is 1. The molecule has 0 aliphatic carbocycles. The van der Waals surface area contributed by atoms with Gasteiger partial charge in [-0.1, -0.05) is 13.3 Å². The summed E-state index contributed by atoms with van der Waals surface area (Å²) in [5, 5.41) is 3.52. The lowest BCUT2D eigenvalue weighted by Crippen LogP contribution is -2.24. The summed E-state index contributed by atoms with van der Waals surface area (Å²) in [6.07, 6.45) is 4.46. The van der Waals surface area contributed by atoms with E-state index in [1.165, 1.54) is 29.5 Å². The molecule has 3 nitrogen and oxygen atoms in total. The van der Waals surface area contributed by atoms with E-state index in [-0.39, 0.29) is 0 Å². The Kier molecular flexibility index (Phi) is 4.59. The summed E-state index contributed by atoms with van der Waals surface area (Å²) in [7, 11) is 0. The number of benzene rings is 1. The molecule has 1 aromatic heterocycles. The Labute approximate surface area is 116 Å². The van der Waals surface area contributed by atoms with Crippen molar-refractivity contribution in [3.8, 4) is 0 Å². The van der Waals surface area contributed by atoms with Crippen molar-refractivity contribution in [2.75, 3.05) is 13.1 Å². The Morgan fingerprint density at radius 1 is 1.26 bits per heavy atom. The van der Waals surface area contributed by atoms with Crippen LogP contribution < -0.4 is 5.32 Å². The van der Waals surface area contributed by atoms with Gasteiger partial charge in [-0.05, 0) is 57.0 Å². The highest BCUT2D eigenvalue weighted by atomic mass is 15.1. The van der Waals surface area contributed by atoms with Crippen LogP contribution in [-0.4, -0.2) is 22.6 Å². The lowest BCUT2D eigenvalue weighted by Gasteiger charge is -2.15. The van der Waals surface area contributed by atoms with Gasteiger partial charge in [0.25, 0.3) is 0 Å². The molecule has 0 aliphatic rings. The Bertz CT molecular complexity index is 542. The first-order chi connectivity index (χ1) is 9.13. The summed E-state index contributed by atoms with van der Waals surface area (Å²) in [6.45, 7) is 10.9. The van der Waals surface area contributed by atoms with Gasteiger partial charge in [0.1, 0.15) is 0 Å². The molecule has 2 aromatic rings. The van der Waals surface area contributed by atoms with Crippen LogP contribution >= 0.6 is 0 Å². The highest BCUT2D eigenvalue weighted by molar-refractivity contribution is 5.77. The summed E-state index contributed by atoms with van der Waals surface area (Å²) >= 11 is 0. The van der Waals surface area contributed by atoms with E-state index in [9.17, 15) is 0 Å². The largest absolute Gasteiger partial charge is 0.326 e. The third kappa shape index (κ3) is 3.16. The maximum Gasteiger partial charge on any atom is 0.0961 e. The van der Waals surface area contributed by atoms with E-state index >= 15 is 0 Å². The number of hydrogen-bond donors (Lipinski definition) is 1. The van der Waals surface area contributed by atoms with Crippen LogP contribution in [0.1, 0.15) is 43.9 Å². The van der Waals surface area contributed by atoms with E-state index in [0.29, 0.717) is 6.04 Å². The molecular formula is C16H25N3. The molecule has 0 saturated carbocycles. The first-order valence-electron chi connectivity index (χ1n) is 7.28. The fraction of sp³-hybridized carbons (Fsp3) is 0.562. The number of nitrogens with zero attached hydrogens (tertiary/aromatic N) is 2. The van der Waals surface area contributed by atoms with Crippen LogP contribution in [0.5, 0.6) is 0 Å². The number of rotatable bonds is 6. The number of hydrogen-bond acceptors (Lipinski definition) is 2. The fourth-order valence-electron chi connectivity index (χ4n) is 2.34. The number of fused-ring (bicyclic) bond motifs is 1. The predicted octanol–water partition coefficient (Wildman–Crippen LogP) is 3.60. The van der Waals surface area contributed by atoms with Crippen molar-refractivity contribution < 1.29 is 0 Å². The maximum atomic E-state index is 4.52. The van der Waals surface area contributed by atoms with E-state index in [1.807, 2.05) is 6.33 Å². The Morgan fingerprint density at radius 3 is 2.74 bits per heavy atom. The van der Waals surface area contributed by atoms with Crippen LogP contribution in [0.25, 0.3) is 11.0 Å². The van der Waals surface area contributed by atoms with Crippen LogP contribution in [-0.2, 0) is 0 Å². The Morgan fingerprint density at radius 2 is 2.00 bits per heavy atom. The van der Waals surface area contributed by atoms with Gasteiger partial charge in [-0.2, -0.15) is 0 Å². The molecule has 2 rings (SSSR count). The van der Waals surface area contributed by atoms with Crippen LogP contribution in [0.4, 0.5) is 0 Å². The third-order valence-corrected chi connectivity index (χ3v) is 3.81. The van der Waals surface area contributed by atoms with Gasteiger partial charge < -0.3 is 9.88 Å². The first-order valence-corrected chi connectivity index (χ1v) is 7.28. The molecule has 0 spiro atoms.